The Kier molecular flexibility index (Phi) is 6.23. The minimum absolute atomic E-state index is 0.0439. The summed E-state index contributed by atoms with van der Waals surface area (Å²) in [5, 5.41) is 22.2. The molecule has 0 saturated carbocycles. The van der Waals surface area contributed by atoms with Crippen LogP contribution in [0.15, 0.2) is 83.2 Å². The average molecular weight is 566 g/mol. The van der Waals surface area contributed by atoms with Gasteiger partial charge in [0.05, 0.1) is 36.1 Å². The molecular weight excluding hydrogens is 545 g/mol. The summed E-state index contributed by atoms with van der Waals surface area (Å²) in [5.41, 5.74) is 0.338. The van der Waals surface area contributed by atoms with Crippen molar-refractivity contribution in [1.82, 2.24) is 14.1 Å². The number of aliphatic hydroxyl groups is 1. The molecule has 4 aromatic rings. The number of imidazole rings is 1. The number of rotatable bonds is 7. The molecule has 0 fully saturated rings. The van der Waals surface area contributed by atoms with Crippen LogP contribution in [0.1, 0.15) is 16.8 Å². The summed E-state index contributed by atoms with van der Waals surface area (Å²) in [6.07, 6.45) is 4.86. The molecule has 0 aliphatic carbocycles. The maximum absolute atomic E-state index is 13.3. The monoisotopic (exact) mass is 565 g/mol. The van der Waals surface area contributed by atoms with Gasteiger partial charge < -0.3 is 19.7 Å². The van der Waals surface area contributed by atoms with Gasteiger partial charge in [-0.15, -0.1) is 0 Å². The molecule has 2 N–H and O–H groups in total. The summed E-state index contributed by atoms with van der Waals surface area (Å²) in [6.45, 7) is 1.82. The number of anilines is 2. The Labute approximate surface area is 218 Å². The molecule has 0 saturated heterocycles. The lowest BCUT2D eigenvalue weighted by Crippen LogP contribution is -2.22. The van der Waals surface area contributed by atoms with Crippen LogP contribution >= 0.6 is 10.2 Å². The Morgan fingerprint density at radius 3 is 2.33 bits per heavy atom. The Morgan fingerprint density at radius 1 is 1.10 bits per heavy atom. The van der Waals surface area contributed by atoms with E-state index in [0.717, 1.165) is 16.5 Å². The largest absolute Gasteiger partial charge is 0.513 e. The van der Waals surface area contributed by atoms with E-state index in [-0.39, 0.29) is 34.6 Å². The fourth-order valence-electron chi connectivity index (χ4n) is 3.75. The SMILES string of the molecule is COc1cc(Nc2cc(C#N)cn(/C(=C/O)c3ccc(S(F)(F)(F)(F)F)cc3)c2=O)ccc1-n1cnc(C)c1. The second kappa shape index (κ2) is 8.91. The van der Waals surface area contributed by atoms with Crippen molar-refractivity contribution >= 4 is 27.3 Å². The molecule has 2 heterocycles. The van der Waals surface area contributed by atoms with E-state index in [1.807, 2.05) is 13.0 Å². The first-order valence-corrected chi connectivity index (χ1v) is 12.9. The molecule has 0 atom stereocenters. The number of aryl methyl sites for hydroxylation is 1. The van der Waals surface area contributed by atoms with Crippen LogP contribution in [0.3, 0.4) is 0 Å². The molecule has 8 nitrogen and oxygen atoms in total. The predicted octanol–water partition coefficient (Wildman–Crippen LogP) is 7.03. The van der Waals surface area contributed by atoms with Gasteiger partial charge in [-0.05, 0) is 37.3 Å². The van der Waals surface area contributed by atoms with Gasteiger partial charge >= 0.3 is 10.2 Å². The van der Waals surface area contributed by atoms with Crippen LogP contribution in [-0.4, -0.2) is 26.3 Å². The van der Waals surface area contributed by atoms with Crippen molar-refractivity contribution in [1.29, 1.82) is 5.26 Å². The van der Waals surface area contributed by atoms with E-state index < -0.39 is 20.7 Å². The Morgan fingerprint density at radius 2 is 1.79 bits per heavy atom. The lowest BCUT2D eigenvalue weighted by atomic mass is 10.1. The van der Waals surface area contributed by atoms with E-state index >= 15 is 0 Å². The highest BCUT2D eigenvalue weighted by Gasteiger charge is 2.65. The third kappa shape index (κ3) is 5.73. The third-order valence-corrected chi connectivity index (χ3v) is 6.74. The van der Waals surface area contributed by atoms with Crippen molar-refractivity contribution < 1.29 is 29.3 Å². The molecule has 0 spiro atoms. The highest BCUT2D eigenvalue weighted by Crippen LogP contribution is 3.02. The van der Waals surface area contributed by atoms with E-state index in [1.54, 1.807) is 35.3 Å². The summed E-state index contributed by atoms with van der Waals surface area (Å²) in [4.78, 5) is 15.3. The molecule has 0 aliphatic rings. The van der Waals surface area contributed by atoms with Gasteiger partial charge in [0.15, 0.2) is 0 Å². The van der Waals surface area contributed by atoms with E-state index in [2.05, 4.69) is 10.3 Å². The number of nitriles is 1. The lowest BCUT2D eigenvalue weighted by Gasteiger charge is -2.40. The van der Waals surface area contributed by atoms with Gasteiger partial charge in [-0.25, -0.2) is 4.98 Å². The molecule has 0 amide bonds. The van der Waals surface area contributed by atoms with Crippen LogP contribution in [0, 0.1) is 18.3 Å². The van der Waals surface area contributed by atoms with Gasteiger partial charge in [0, 0.05) is 29.7 Å². The zero-order chi connectivity index (χ0) is 28.7. The van der Waals surface area contributed by atoms with Crippen molar-refractivity contribution in [3.63, 3.8) is 0 Å². The number of halogens is 5. The number of hydrogen-bond acceptors (Lipinski definition) is 6. The first-order valence-electron chi connectivity index (χ1n) is 11.0. The van der Waals surface area contributed by atoms with Crippen LogP contribution in [-0.2, 0) is 0 Å². The number of pyridine rings is 1. The van der Waals surface area contributed by atoms with Crippen molar-refractivity contribution in [3.8, 4) is 17.5 Å². The maximum Gasteiger partial charge on any atom is 0.310 e. The number of nitrogens with one attached hydrogen (secondary N) is 1. The Hall–Kier alpha value is -4.77. The molecule has 0 aliphatic heterocycles. The quantitative estimate of drug-likeness (QED) is 0.184. The van der Waals surface area contributed by atoms with E-state index in [9.17, 15) is 34.6 Å². The van der Waals surface area contributed by atoms with Crippen molar-refractivity contribution in [3.05, 3.63) is 101 Å². The number of benzene rings is 2. The topological polar surface area (TPSA) is 105 Å². The number of ether oxygens (including phenoxy) is 1. The summed E-state index contributed by atoms with van der Waals surface area (Å²) < 4.78 is 73.5. The Balaban J connectivity index is 1.74. The molecular formula is C25H20F5N5O3S. The second-order valence-electron chi connectivity index (χ2n) is 8.37. The van der Waals surface area contributed by atoms with Gasteiger partial charge in [0.2, 0.25) is 0 Å². The maximum atomic E-state index is 13.3. The third-order valence-electron chi connectivity index (χ3n) is 5.57. The molecule has 4 rings (SSSR count). The zero-order valence-corrected chi connectivity index (χ0v) is 21.1. The zero-order valence-electron chi connectivity index (χ0n) is 20.3. The van der Waals surface area contributed by atoms with Crippen LogP contribution in [0.4, 0.5) is 30.8 Å². The van der Waals surface area contributed by atoms with Crippen LogP contribution < -0.4 is 15.6 Å². The summed E-state index contributed by atoms with van der Waals surface area (Å²) in [5.74, 6) is 0.425. The van der Waals surface area contributed by atoms with Crippen molar-refractivity contribution in [2.45, 2.75) is 11.8 Å². The highest BCUT2D eigenvalue weighted by molar-refractivity contribution is 8.45. The molecule has 2 aromatic heterocycles. The first kappa shape index (κ1) is 27.3. The van der Waals surface area contributed by atoms with Crippen molar-refractivity contribution in [2.24, 2.45) is 0 Å². The molecule has 2 aromatic carbocycles. The van der Waals surface area contributed by atoms with Crippen LogP contribution in [0.5, 0.6) is 5.75 Å². The van der Waals surface area contributed by atoms with E-state index in [1.165, 1.54) is 13.2 Å². The second-order valence-corrected chi connectivity index (χ2v) is 10.8. The lowest BCUT2D eigenvalue weighted by molar-refractivity contribution is 0.364. The van der Waals surface area contributed by atoms with Gasteiger partial charge in [-0.3, -0.25) is 9.36 Å². The fourth-order valence-corrected chi connectivity index (χ4v) is 4.40. The average Bonchev–Trinajstić information content (AvgIpc) is 3.31. The number of nitrogens with zero attached hydrogens (tertiary/aromatic N) is 4. The van der Waals surface area contributed by atoms with Gasteiger partial charge in [0.1, 0.15) is 28.7 Å². The van der Waals surface area contributed by atoms with Crippen molar-refractivity contribution in [2.75, 3.05) is 12.4 Å². The van der Waals surface area contributed by atoms with E-state index in [4.69, 9.17) is 4.74 Å². The van der Waals surface area contributed by atoms with Crippen LogP contribution in [0.2, 0.25) is 0 Å². The van der Waals surface area contributed by atoms with E-state index in [0.29, 0.717) is 35.5 Å². The smallest absolute Gasteiger partial charge is 0.310 e. The normalized spacial score (nSPS) is 13.7. The fraction of sp³-hybridized carbons (Fsp3) is 0.0800. The molecule has 0 bridgehead atoms. The van der Waals surface area contributed by atoms with Crippen LogP contribution in [0.25, 0.3) is 11.4 Å². The minimum atomic E-state index is -9.92. The summed E-state index contributed by atoms with van der Waals surface area (Å²) in [6, 6.07) is 9.73. The number of aliphatic hydroxyl groups excluding tert-OH is 1. The highest BCUT2D eigenvalue weighted by atomic mass is 32.5. The molecule has 39 heavy (non-hydrogen) atoms. The minimum Gasteiger partial charge on any atom is -0.513 e. The summed E-state index contributed by atoms with van der Waals surface area (Å²) in [7, 11) is -8.47. The summed E-state index contributed by atoms with van der Waals surface area (Å²) >= 11 is 0. The number of hydrogen-bond donors (Lipinski definition) is 2. The molecule has 204 valence electrons. The number of methoxy groups -OCH3 is 1. The molecule has 0 radical (unpaired) electrons. The van der Waals surface area contributed by atoms with Gasteiger partial charge in [0.25, 0.3) is 5.56 Å². The van der Waals surface area contributed by atoms with Gasteiger partial charge in [-0.1, -0.05) is 31.6 Å². The standard InChI is InChI=1S/C25H20F5N5O3S/c1-16-12-34(15-32-16)22-8-5-19(10-24(22)38-2)33-21-9-17(11-31)13-35(25(21)37)23(14-36)18-3-6-20(7-4-18)39(26,27,28,29)30/h3-10,12-15,33,36H,1-2H3/b23-14+. The molecule has 14 heteroatoms. The number of aromatic nitrogens is 3. The first-order chi connectivity index (χ1) is 18.1. The predicted molar refractivity (Wildman–Crippen MR) is 137 cm³/mol. The van der Waals surface area contributed by atoms with Gasteiger partial charge in [-0.2, -0.15) is 5.26 Å². The molecule has 0 unspecified atom stereocenters. The Bertz CT molecular complexity index is 1710.